The number of anilines is 2. The fraction of sp³-hybridized carbons (Fsp3) is 0.600. The smallest absolute Gasteiger partial charge is 0.191 e. The minimum Gasteiger partial charge on any atom is -0.375 e. The van der Waals surface area contributed by atoms with Gasteiger partial charge in [0.15, 0.2) is 5.16 Å². The van der Waals surface area contributed by atoms with E-state index in [1.165, 1.54) is 11.8 Å². The lowest BCUT2D eigenvalue weighted by Gasteiger charge is -2.32. The summed E-state index contributed by atoms with van der Waals surface area (Å²) in [5.41, 5.74) is 2.57. The van der Waals surface area contributed by atoms with Crippen molar-refractivity contribution in [1.29, 1.82) is 0 Å². The van der Waals surface area contributed by atoms with Gasteiger partial charge in [-0.2, -0.15) is 0 Å². The van der Waals surface area contributed by atoms with Crippen LogP contribution in [0.15, 0.2) is 11.2 Å². The van der Waals surface area contributed by atoms with Crippen molar-refractivity contribution >= 4 is 23.4 Å². The summed E-state index contributed by atoms with van der Waals surface area (Å²) >= 11 is 1.50. The second-order valence-corrected chi connectivity index (χ2v) is 4.64. The minimum absolute atomic E-state index is 0.228. The SMILES string of the molecule is CSc1nc(NN)cc(N2CCOC(C)C2)n1. The zero-order valence-corrected chi connectivity index (χ0v) is 10.8. The molecule has 17 heavy (non-hydrogen) atoms. The highest BCUT2D eigenvalue weighted by molar-refractivity contribution is 7.98. The van der Waals surface area contributed by atoms with E-state index in [9.17, 15) is 0 Å². The Bertz CT molecular complexity index is 367. The van der Waals surface area contributed by atoms with Crippen LogP contribution in [0, 0.1) is 0 Å². The number of nitrogens with two attached hydrogens (primary N) is 1. The fourth-order valence-corrected chi connectivity index (χ4v) is 2.14. The van der Waals surface area contributed by atoms with Crippen molar-refractivity contribution in [1.82, 2.24) is 9.97 Å². The van der Waals surface area contributed by atoms with E-state index in [0.29, 0.717) is 5.82 Å². The minimum atomic E-state index is 0.228. The molecule has 3 N–H and O–H groups in total. The normalized spacial score (nSPS) is 20.4. The first kappa shape index (κ1) is 12.4. The quantitative estimate of drug-likeness (QED) is 0.356. The predicted octanol–water partition coefficient (Wildman–Crippen LogP) is 0.709. The van der Waals surface area contributed by atoms with E-state index in [0.717, 1.165) is 30.7 Å². The van der Waals surface area contributed by atoms with Gasteiger partial charge in [-0.05, 0) is 13.2 Å². The van der Waals surface area contributed by atoms with Crippen molar-refractivity contribution in [2.75, 3.05) is 36.3 Å². The number of thioether (sulfide) groups is 1. The number of nitrogens with zero attached hydrogens (tertiary/aromatic N) is 3. The molecule has 1 aliphatic heterocycles. The molecule has 1 aromatic rings. The molecule has 0 radical (unpaired) electrons. The van der Waals surface area contributed by atoms with Crippen LogP contribution in [-0.2, 0) is 4.74 Å². The lowest BCUT2D eigenvalue weighted by atomic mass is 10.3. The number of nitrogen functional groups attached to an aromatic ring is 1. The number of ether oxygens (including phenoxy) is 1. The van der Waals surface area contributed by atoms with Crippen molar-refractivity contribution in [3.8, 4) is 0 Å². The molecule has 1 aromatic heterocycles. The molecule has 1 atom stereocenters. The average molecular weight is 255 g/mol. The maximum Gasteiger partial charge on any atom is 0.191 e. The van der Waals surface area contributed by atoms with Gasteiger partial charge in [0.2, 0.25) is 0 Å². The summed E-state index contributed by atoms with van der Waals surface area (Å²) in [7, 11) is 0. The molecule has 0 aliphatic carbocycles. The van der Waals surface area contributed by atoms with Crippen molar-refractivity contribution in [3.05, 3.63) is 6.07 Å². The molecule has 1 saturated heterocycles. The third kappa shape index (κ3) is 2.99. The summed E-state index contributed by atoms with van der Waals surface area (Å²) < 4.78 is 5.51. The molecular formula is C10H17N5OS. The van der Waals surface area contributed by atoms with Crippen LogP contribution < -0.4 is 16.2 Å². The lowest BCUT2D eigenvalue weighted by molar-refractivity contribution is 0.0529. The summed E-state index contributed by atoms with van der Waals surface area (Å²) in [6.45, 7) is 4.48. The maximum atomic E-state index is 5.51. The summed E-state index contributed by atoms with van der Waals surface area (Å²) in [6, 6.07) is 1.86. The van der Waals surface area contributed by atoms with E-state index >= 15 is 0 Å². The zero-order chi connectivity index (χ0) is 12.3. The van der Waals surface area contributed by atoms with Crippen molar-refractivity contribution < 1.29 is 4.74 Å². The second-order valence-electron chi connectivity index (χ2n) is 3.87. The van der Waals surface area contributed by atoms with Gasteiger partial charge in [-0.25, -0.2) is 15.8 Å². The van der Waals surface area contributed by atoms with Gasteiger partial charge >= 0.3 is 0 Å². The van der Waals surface area contributed by atoms with Crippen LogP contribution in [0.2, 0.25) is 0 Å². The Balaban J connectivity index is 2.23. The van der Waals surface area contributed by atoms with Gasteiger partial charge in [0.05, 0.1) is 12.7 Å². The second kappa shape index (κ2) is 5.52. The first-order chi connectivity index (χ1) is 8.22. The highest BCUT2D eigenvalue weighted by Crippen LogP contribution is 2.21. The van der Waals surface area contributed by atoms with Crippen LogP contribution in [-0.4, -0.2) is 42.0 Å². The van der Waals surface area contributed by atoms with E-state index in [4.69, 9.17) is 10.6 Å². The summed E-state index contributed by atoms with van der Waals surface area (Å²) in [5, 5.41) is 0.717. The summed E-state index contributed by atoms with van der Waals surface area (Å²) in [4.78, 5) is 10.9. The van der Waals surface area contributed by atoms with Gasteiger partial charge in [0.1, 0.15) is 11.6 Å². The molecule has 0 amide bonds. The largest absolute Gasteiger partial charge is 0.375 e. The lowest BCUT2D eigenvalue weighted by Crippen LogP contribution is -2.41. The fourth-order valence-electron chi connectivity index (χ4n) is 1.77. The van der Waals surface area contributed by atoms with E-state index in [1.54, 1.807) is 0 Å². The van der Waals surface area contributed by atoms with E-state index < -0.39 is 0 Å². The number of morpholine rings is 1. The molecular weight excluding hydrogens is 238 g/mol. The topological polar surface area (TPSA) is 76.3 Å². The van der Waals surface area contributed by atoms with Gasteiger partial charge in [-0.15, -0.1) is 0 Å². The first-order valence-corrected chi connectivity index (χ1v) is 6.71. The predicted molar refractivity (Wildman–Crippen MR) is 69.3 cm³/mol. The number of hydrogen-bond donors (Lipinski definition) is 2. The third-order valence-electron chi connectivity index (χ3n) is 2.59. The van der Waals surface area contributed by atoms with Crippen LogP contribution in [0.3, 0.4) is 0 Å². The number of hydrazine groups is 1. The van der Waals surface area contributed by atoms with E-state index in [-0.39, 0.29) is 6.10 Å². The Kier molecular flexibility index (Phi) is 4.03. The molecule has 6 nitrogen and oxygen atoms in total. The monoisotopic (exact) mass is 255 g/mol. The molecule has 0 saturated carbocycles. The molecule has 2 rings (SSSR count). The molecule has 1 unspecified atom stereocenters. The first-order valence-electron chi connectivity index (χ1n) is 5.49. The van der Waals surface area contributed by atoms with Crippen LogP contribution in [0.1, 0.15) is 6.92 Å². The highest BCUT2D eigenvalue weighted by atomic mass is 32.2. The Morgan fingerprint density at radius 3 is 3.06 bits per heavy atom. The molecule has 2 heterocycles. The molecule has 94 valence electrons. The van der Waals surface area contributed by atoms with Gasteiger partial charge in [0.25, 0.3) is 0 Å². The molecule has 0 bridgehead atoms. The Hall–Kier alpha value is -1.05. The van der Waals surface area contributed by atoms with E-state index in [1.807, 2.05) is 12.3 Å². The molecule has 1 aliphatic rings. The Morgan fingerprint density at radius 2 is 2.41 bits per heavy atom. The van der Waals surface area contributed by atoms with Gasteiger partial charge < -0.3 is 15.1 Å². The van der Waals surface area contributed by atoms with Crippen molar-refractivity contribution in [2.45, 2.75) is 18.2 Å². The van der Waals surface area contributed by atoms with Crippen LogP contribution >= 0.6 is 11.8 Å². The van der Waals surface area contributed by atoms with Gasteiger partial charge in [-0.1, -0.05) is 11.8 Å². The van der Waals surface area contributed by atoms with Crippen molar-refractivity contribution in [2.24, 2.45) is 5.84 Å². The van der Waals surface area contributed by atoms with Crippen LogP contribution in [0.25, 0.3) is 0 Å². The zero-order valence-electron chi connectivity index (χ0n) is 10.0. The third-order valence-corrected chi connectivity index (χ3v) is 3.14. The van der Waals surface area contributed by atoms with Crippen molar-refractivity contribution in [3.63, 3.8) is 0 Å². The molecule has 0 aromatic carbocycles. The molecule has 7 heteroatoms. The van der Waals surface area contributed by atoms with Crippen LogP contribution in [0.4, 0.5) is 11.6 Å². The number of hydrogen-bond acceptors (Lipinski definition) is 7. The van der Waals surface area contributed by atoms with Gasteiger partial charge in [-0.3, -0.25) is 0 Å². The molecule has 1 fully saturated rings. The number of nitrogens with one attached hydrogen (secondary N) is 1. The number of aromatic nitrogens is 2. The van der Waals surface area contributed by atoms with E-state index in [2.05, 4.69) is 27.2 Å². The highest BCUT2D eigenvalue weighted by Gasteiger charge is 2.19. The Morgan fingerprint density at radius 1 is 1.59 bits per heavy atom. The number of rotatable bonds is 3. The standard InChI is InChI=1S/C10H17N5OS/c1-7-6-15(3-4-16-7)9-5-8(14-11)12-10(13-9)17-2/h5,7H,3-4,6,11H2,1-2H3,(H,12,13,14). The van der Waals surface area contributed by atoms with Crippen LogP contribution in [0.5, 0.6) is 0 Å². The molecule has 0 spiro atoms. The maximum absolute atomic E-state index is 5.51. The van der Waals surface area contributed by atoms with Gasteiger partial charge in [0, 0.05) is 19.2 Å². The summed E-state index contributed by atoms with van der Waals surface area (Å²) in [5.74, 6) is 6.94. The average Bonchev–Trinajstić information content (AvgIpc) is 2.38. The summed E-state index contributed by atoms with van der Waals surface area (Å²) in [6.07, 6.45) is 2.17. The Labute approximate surface area is 105 Å².